The van der Waals surface area contributed by atoms with Crippen LogP contribution in [0, 0.1) is 0 Å². The quantitative estimate of drug-likeness (QED) is 0.543. The van der Waals surface area contributed by atoms with Crippen molar-refractivity contribution < 1.29 is 0 Å². The molecule has 4 rings (SSSR count). The molecule has 0 fully saturated rings. The van der Waals surface area contributed by atoms with E-state index in [0.29, 0.717) is 17.6 Å². The van der Waals surface area contributed by atoms with Crippen molar-refractivity contribution in [3.8, 4) is 5.69 Å². The van der Waals surface area contributed by atoms with Crippen LogP contribution < -0.4 is 5.56 Å². The molecule has 5 heteroatoms. The Hall–Kier alpha value is -3.21. The third kappa shape index (κ3) is 3.28. The predicted octanol–water partition coefficient (Wildman–Crippen LogP) is 3.95. The Morgan fingerprint density at radius 3 is 2.30 bits per heavy atom. The zero-order valence-electron chi connectivity index (χ0n) is 15.5. The minimum Gasteiger partial charge on any atom is -0.295 e. The van der Waals surface area contributed by atoms with Gasteiger partial charge in [-0.15, -0.1) is 0 Å². The molecule has 27 heavy (non-hydrogen) atoms. The van der Waals surface area contributed by atoms with E-state index in [2.05, 4.69) is 31.1 Å². The van der Waals surface area contributed by atoms with Crippen LogP contribution in [0.2, 0.25) is 0 Å². The van der Waals surface area contributed by atoms with E-state index in [1.807, 2.05) is 48.5 Å². The van der Waals surface area contributed by atoms with Crippen molar-refractivity contribution in [2.75, 3.05) is 0 Å². The summed E-state index contributed by atoms with van der Waals surface area (Å²) in [6.07, 6.45) is 2.42. The minimum absolute atomic E-state index is 0.0261. The van der Waals surface area contributed by atoms with Gasteiger partial charge < -0.3 is 0 Å². The van der Waals surface area contributed by atoms with Crippen LogP contribution in [0.5, 0.6) is 0 Å². The van der Waals surface area contributed by atoms with E-state index >= 15 is 0 Å². The van der Waals surface area contributed by atoms with Gasteiger partial charge >= 0.3 is 0 Å². The summed E-state index contributed by atoms with van der Waals surface area (Å²) < 4.78 is 3.54. The monoisotopic (exact) mass is 358 g/mol. The van der Waals surface area contributed by atoms with E-state index in [-0.39, 0.29) is 11.5 Å². The SMILES string of the molecule is CC(C)c1nc2c(cnn2-c2ccccc2)c(=O)n1CCc1ccccc1. The largest absolute Gasteiger partial charge is 0.295 e. The van der Waals surface area contributed by atoms with E-state index in [0.717, 1.165) is 17.9 Å². The molecule has 0 atom stereocenters. The van der Waals surface area contributed by atoms with Gasteiger partial charge in [0, 0.05) is 12.5 Å². The van der Waals surface area contributed by atoms with Gasteiger partial charge in [0.25, 0.3) is 5.56 Å². The van der Waals surface area contributed by atoms with Crippen LogP contribution in [-0.2, 0) is 13.0 Å². The number of rotatable bonds is 5. The lowest BCUT2D eigenvalue weighted by molar-refractivity contribution is 0.587. The molecule has 0 unspecified atom stereocenters. The molecule has 2 heterocycles. The number of aryl methyl sites for hydroxylation is 1. The summed E-state index contributed by atoms with van der Waals surface area (Å²) in [7, 11) is 0. The van der Waals surface area contributed by atoms with Crippen molar-refractivity contribution in [2.24, 2.45) is 0 Å². The molecule has 0 N–H and O–H groups in total. The predicted molar refractivity (Wildman–Crippen MR) is 107 cm³/mol. The van der Waals surface area contributed by atoms with Crippen LogP contribution >= 0.6 is 0 Å². The minimum atomic E-state index is -0.0261. The Labute approximate surface area is 157 Å². The molecule has 0 bridgehead atoms. The Bertz CT molecular complexity index is 1110. The summed E-state index contributed by atoms with van der Waals surface area (Å²) in [4.78, 5) is 18.0. The van der Waals surface area contributed by atoms with Crippen molar-refractivity contribution in [3.63, 3.8) is 0 Å². The molecule has 0 saturated heterocycles. The third-order valence-electron chi connectivity index (χ3n) is 4.70. The average molecular weight is 358 g/mol. The molecule has 2 aromatic heterocycles. The number of aromatic nitrogens is 4. The summed E-state index contributed by atoms with van der Waals surface area (Å²) in [5, 5.41) is 4.98. The van der Waals surface area contributed by atoms with Gasteiger partial charge in [-0.2, -0.15) is 5.10 Å². The third-order valence-corrected chi connectivity index (χ3v) is 4.70. The molecule has 0 aliphatic carbocycles. The highest BCUT2D eigenvalue weighted by atomic mass is 16.1. The normalized spacial score (nSPS) is 11.4. The highest BCUT2D eigenvalue weighted by Gasteiger charge is 2.17. The van der Waals surface area contributed by atoms with Crippen LogP contribution in [0.1, 0.15) is 31.2 Å². The first kappa shape index (κ1) is 17.2. The molecule has 0 saturated carbocycles. The zero-order chi connectivity index (χ0) is 18.8. The number of hydrogen-bond acceptors (Lipinski definition) is 3. The summed E-state index contributed by atoms with van der Waals surface area (Å²) in [5.74, 6) is 0.929. The summed E-state index contributed by atoms with van der Waals surface area (Å²) in [6.45, 7) is 4.74. The van der Waals surface area contributed by atoms with Gasteiger partial charge in [0.15, 0.2) is 5.65 Å². The molecular formula is C22H22N4O. The fourth-order valence-electron chi connectivity index (χ4n) is 3.32. The van der Waals surface area contributed by atoms with Crippen LogP contribution in [0.3, 0.4) is 0 Å². The van der Waals surface area contributed by atoms with Gasteiger partial charge in [-0.1, -0.05) is 62.4 Å². The van der Waals surface area contributed by atoms with Gasteiger partial charge in [0.2, 0.25) is 0 Å². The van der Waals surface area contributed by atoms with E-state index < -0.39 is 0 Å². The number of para-hydroxylation sites is 1. The van der Waals surface area contributed by atoms with E-state index in [1.165, 1.54) is 5.56 Å². The molecule has 0 aliphatic heterocycles. The molecule has 0 spiro atoms. The summed E-state index contributed by atoms with van der Waals surface area (Å²) >= 11 is 0. The molecule has 136 valence electrons. The summed E-state index contributed by atoms with van der Waals surface area (Å²) in [5.41, 5.74) is 2.70. The van der Waals surface area contributed by atoms with Gasteiger partial charge in [-0.25, -0.2) is 9.67 Å². The molecule has 2 aromatic carbocycles. The van der Waals surface area contributed by atoms with E-state index in [9.17, 15) is 4.79 Å². The Morgan fingerprint density at radius 1 is 0.963 bits per heavy atom. The van der Waals surface area contributed by atoms with Crippen molar-refractivity contribution in [1.82, 2.24) is 19.3 Å². The van der Waals surface area contributed by atoms with Crippen LogP contribution in [0.15, 0.2) is 71.7 Å². The molecule has 0 radical (unpaired) electrons. The first-order valence-electron chi connectivity index (χ1n) is 9.23. The second-order valence-electron chi connectivity index (χ2n) is 6.95. The molecule has 0 aliphatic rings. The highest BCUT2D eigenvalue weighted by Crippen LogP contribution is 2.18. The van der Waals surface area contributed by atoms with Gasteiger partial charge in [-0.05, 0) is 24.1 Å². The van der Waals surface area contributed by atoms with Crippen LogP contribution in [-0.4, -0.2) is 19.3 Å². The highest BCUT2D eigenvalue weighted by molar-refractivity contribution is 5.75. The number of nitrogens with zero attached hydrogens (tertiary/aromatic N) is 4. The number of benzene rings is 2. The lowest BCUT2D eigenvalue weighted by Crippen LogP contribution is -2.27. The van der Waals surface area contributed by atoms with Crippen molar-refractivity contribution in [1.29, 1.82) is 0 Å². The number of fused-ring (bicyclic) bond motifs is 1. The lowest BCUT2D eigenvalue weighted by atomic mass is 10.1. The van der Waals surface area contributed by atoms with Crippen molar-refractivity contribution in [3.05, 3.63) is 88.6 Å². The average Bonchev–Trinajstić information content (AvgIpc) is 3.13. The van der Waals surface area contributed by atoms with Gasteiger partial charge in [0.05, 0.1) is 11.9 Å². The first-order chi connectivity index (χ1) is 13.1. The second-order valence-corrected chi connectivity index (χ2v) is 6.95. The number of hydrogen-bond donors (Lipinski definition) is 0. The Morgan fingerprint density at radius 2 is 1.63 bits per heavy atom. The van der Waals surface area contributed by atoms with Gasteiger partial charge in [0.1, 0.15) is 11.2 Å². The first-order valence-corrected chi connectivity index (χ1v) is 9.23. The Kier molecular flexibility index (Phi) is 4.59. The maximum atomic E-state index is 13.2. The molecule has 4 aromatic rings. The second kappa shape index (κ2) is 7.19. The smallest absolute Gasteiger partial charge is 0.264 e. The molecule has 0 amide bonds. The lowest BCUT2D eigenvalue weighted by Gasteiger charge is -2.15. The van der Waals surface area contributed by atoms with E-state index in [4.69, 9.17) is 4.98 Å². The molecule has 5 nitrogen and oxygen atoms in total. The summed E-state index contributed by atoms with van der Waals surface area (Å²) in [6, 6.07) is 20.0. The van der Waals surface area contributed by atoms with Crippen LogP contribution in [0.4, 0.5) is 0 Å². The van der Waals surface area contributed by atoms with E-state index in [1.54, 1.807) is 15.4 Å². The fourth-order valence-corrected chi connectivity index (χ4v) is 3.32. The zero-order valence-corrected chi connectivity index (χ0v) is 15.5. The Balaban J connectivity index is 1.81. The topological polar surface area (TPSA) is 52.7 Å². The maximum Gasteiger partial charge on any atom is 0.264 e. The fraction of sp³-hybridized carbons (Fsp3) is 0.227. The molecular weight excluding hydrogens is 336 g/mol. The van der Waals surface area contributed by atoms with Crippen molar-refractivity contribution in [2.45, 2.75) is 32.7 Å². The van der Waals surface area contributed by atoms with Gasteiger partial charge in [-0.3, -0.25) is 9.36 Å². The maximum absolute atomic E-state index is 13.2. The standard InChI is InChI=1S/C22H22N4O/c1-16(2)20-24-21-19(15-23-26(21)18-11-7-4-8-12-18)22(27)25(20)14-13-17-9-5-3-6-10-17/h3-12,15-16H,13-14H2,1-2H3. The van der Waals surface area contributed by atoms with Crippen molar-refractivity contribution >= 4 is 11.0 Å². The van der Waals surface area contributed by atoms with Crippen LogP contribution in [0.25, 0.3) is 16.7 Å².